The molecule has 0 bridgehead atoms. The number of ether oxygens (including phenoxy) is 2. The number of methoxy groups -OCH3 is 1. The summed E-state index contributed by atoms with van der Waals surface area (Å²) < 4.78 is 10.2. The highest BCUT2D eigenvalue weighted by Gasteiger charge is 2.12. The molecule has 3 rings (SSSR count). The second-order valence-corrected chi connectivity index (χ2v) is 7.30. The minimum Gasteiger partial charge on any atom is -0.482 e. The van der Waals surface area contributed by atoms with Crippen LogP contribution in [0.3, 0.4) is 0 Å². The van der Waals surface area contributed by atoms with Crippen LogP contribution in [-0.2, 0) is 14.3 Å². The van der Waals surface area contributed by atoms with Gasteiger partial charge < -0.3 is 20.5 Å². The first-order chi connectivity index (χ1) is 14.3. The van der Waals surface area contributed by atoms with Crippen LogP contribution in [0.25, 0.3) is 22.2 Å². The number of anilines is 1. The first kappa shape index (κ1) is 21.5. The van der Waals surface area contributed by atoms with Crippen molar-refractivity contribution in [3.63, 3.8) is 0 Å². The van der Waals surface area contributed by atoms with Gasteiger partial charge in [0.15, 0.2) is 6.61 Å². The number of amides is 2. The van der Waals surface area contributed by atoms with Gasteiger partial charge in [-0.2, -0.15) is 0 Å². The maximum Gasteiger partial charge on any atom is 0.255 e. The second-order valence-electron chi connectivity index (χ2n) is 6.89. The molecule has 7 nitrogen and oxygen atoms in total. The Balaban J connectivity index is 1.96. The molecular weight excluding hydrogens is 406 g/mol. The number of fused-ring (bicyclic) bond motifs is 1. The Morgan fingerprint density at radius 2 is 1.87 bits per heavy atom. The van der Waals surface area contributed by atoms with Crippen LogP contribution in [0.2, 0.25) is 5.02 Å². The average Bonchev–Trinajstić information content (AvgIpc) is 2.68. The molecule has 0 fully saturated rings. The molecule has 0 unspecified atom stereocenters. The molecule has 0 aliphatic rings. The summed E-state index contributed by atoms with van der Waals surface area (Å²) in [6, 6.07) is 11.0. The van der Waals surface area contributed by atoms with Crippen molar-refractivity contribution >= 4 is 40.0 Å². The summed E-state index contributed by atoms with van der Waals surface area (Å²) in [6.07, 6.45) is 0. The Morgan fingerprint density at radius 1 is 1.10 bits per heavy atom. The molecule has 1 heterocycles. The van der Waals surface area contributed by atoms with Crippen LogP contribution in [0.5, 0.6) is 5.75 Å². The largest absolute Gasteiger partial charge is 0.482 e. The molecule has 1 aromatic heterocycles. The standard InChI is InChI=1S/C22H22ClN3O4/c1-12-6-18(14-4-5-20(16(23)8-14)30-10-21(24)27)25-19-7-13(2)17(9-15(12)19)26-22(28)11-29-3/h4-9H,10-11H2,1-3H3,(H2,24,27)(H,26,28). The molecule has 0 spiro atoms. The Morgan fingerprint density at radius 3 is 2.53 bits per heavy atom. The van der Waals surface area contributed by atoms with E-state index in [9.17, 15) is 9.59 Å². The number of hydrogen-bond donors (Lipinski definition) is 2. The molecule has 3 aromatic rings. The zero-order valence-electron chi connectivity index (χ0n) is 16.9. The third-order valence-corrected chi connectivity index (χ3v) is 4.80. The number of aromatic nitrogens is 1. The molecule has 30 heavy (non-hydrogen) atoms. The normalized spacial score (nSPS) is 10.8. The van der Waals surface area contributed by atoms with Crippen LogP contribution < -0.4 is 15.8 Å². The number of nitrogens with zero attached hydrogens (tertiary/aromatic N) is 1. The summed E-state index contributed by atoms with van der Waals surface area (Å²) in [5.41, 5.74) is 10.1. The highest BCUT2D eigenvalue weighted by Crippen LogP contribution is 2.32. The van der Waals surface area contributed by atoms with E-state index in [0.29, 0.717) is 10.8 Å². The van der Waals surface area contributed by atoms with Gasteiger partial charge in [0.05, 0.1) is 16.2 Å². The zero-order valence-corrected chi connectivity index (χ0v) is 17.7. The fourth-order valence-electron chi connectivity index (χ4n) is 3.07. The van der Waals surface area contributed by atoms with Crippen molar-refractivity contribution in [1.29, 1.82) is 0 Å². The van der Waals surface area contributed by atoms with Crippen molar-refractivity contribution in [2.45, 2.75) is 13.8 Å². The Labute approximate surface area is 179 Å². The van der Waals surface area contributed by atoms with Crippen molar-refractivity contribution < 1.29 is 19.1 Å². The maximum absolute atomic E-state index is 11.9. The van der Waals surface area contributed by atoms with Gasteiger partial charge in [0.1, 0.15) is 12.4 Å². The number of carbonyl (C=O) groups is 2. The Hall–Kier alpha value is -3.16. The van der Waals surface area contributed by atoms with Crippen LogP contribution in [0.15, 0.2) is 36.4 Å². The molecule has 3 N–H and O–H groups in total. The highest BCUT2D eigenvalue weighted by molar-refractivity contribution is 6.32. The van der Waals surface area contributed by atoms with Crippen LogP contribution in [0, 0.1) is 13.8 Å². The molecule has 2 aromatic carbocycles. The van der Waals surface area contributed by atoms with Crippen molar-refractivity contribution in [2.75, 3.05) is 25.6 Å². The fourth-order valence-corrected chi connectivity index (χ4v) is 3.31. The lowest BCUT2D eigenvalue weighted by Crippen LogP contribution is -2.20. The van der Waals surface area contributed by atoms with E-state index in [1.807, 2.05) is 38.1 Å². The fraction of sp³-hybridized carbons (Fsp3) is 0.227. The van der Waals surface area contributed by atoms with Crippen molar-refractivity contribution in [2.24, 2.45) is 5.73 Å². The summed E-state index contributed by atoms with van der Waals surface area (Å²) in [7, 11) is 1.48. The van der Waals surface area contributed by atoms with Gasteiger partial charge in [-0.3, -0.25) is 9.59 Å². The lowest BCUT2D eigenvalue weighted by molar-refractivity contribution is -0.120. The maximum atomic E-state index is 11.9. The van der Waals surface area contributed by atoms with E-state index in [4.69, 9.17) is 31.8 Å². The van der Waals surface area contributed by atoms with Crippen LogP contribution >= 0.6 is 11.6 Å². The first-order valence-corrected chi connectivity index (χ1v) is 9.58. The number of pyridine rings is 1. The molecule has 0 atom stereocenters. The van der Waals surface area contributed by atoms with E-state index in [2.05, 4.69) is 5.32 Å². The third kappa shape index (κ3) is 4.87. The third-order valence-electron chi connectivity index (χ3n) is 4.51. The molecule has 2 amide bonds. The smallest absolute Gasteiger partial charge is 0.255 e. The molecule has 8 heteroatoms. The Kier molecular flexibility index (Phi) is 6.54. The quantitative estimate of drug-likeness (QED) is 0.599. The summed E-state index contributed by atoms with van der Waals surface area (Å²) in [5.74, 6) is -0.408. The van der Waals surface area contributed by atoms with Gasteiger partial charge in [0.2, 0.25) is 5.91 Å². The molecular formula is C22H22ClN3O4. The number of benzene rings is 2. The van der Waals surface area contributed by atoms with E-state index >= 15 is 0 Å². The van der Waals surface area contributed by atoms with Gasteiger partial charge in [0.25, 0.3) is 5.91 Å². The number of carbonyl (C=O) groups excluding carboxylic acids is 2. The summed E-state index contributed by atoms with van der Waals surface area (Å²) in [5, 5.41) is 4.15. The minimum atomic E-state index is -0.574. The topological polar surface area (TPSA) is 104 Å². The van der Waals surface area contributed by atoms with E-state index in [0.717, 1.165) is 39.0 Å². The predicted octanol–water partition coefficient (Wildman–Crippen LogP) is 3.62. The number of primary amides is 1. The lowest BCUT2D eigenvalue weighted by Gasteiger charge is -2.13. The number of halogens is 1. The number of nitrogens with one attached hydrogen (secondary N) is 1. The van der Waals surface area contributed by atoms with Gasteiger partial charge in [-0.1, -0.05) is 11.6 Å². The minimum absolute atomic E-state index is 0.00639. The molecule has 0 saturated carbocycles. The first-order valence-electron chi connectivity index (χ1n) is 9.20. The second kappa shape index (κ2) is 9.11. The molecule has 156 valence electrons. The number of rotatable bonds is 7. The molecule has 0 saturated heterocycles. The molecule has 0 aliphatic carbocycles. The summed E-state index contributed by atoms with van der Waals surface area (Å²) in [6.45, 7) is 3.64. The number of aryl methyl sites for hydroxylation is 2. The summed E-state index contributed by atoms with van der Waals surface area (Å²) in [4.78, 5) is 27.5. The van der Waals surface area contributed by atoms with Gasteiger partial charge in [0, 0.05) is 23.7 Å². The van der Waals surface area contributed by atoms with Crippen molar-refractivity contribution in [3.8, 4) is 17.0 Å². The molecule has 0 aliphatic heterocycles. The highest BCUT2D eigenvalue weighted by atomic mass is 35.5. The predicted molar refractivity (Wildman–Crippen MR) is 117 cm³/mol. The van der Waals surface area contributed by atoms with Gasteiger partial charge in [-0.15, -0.1) is 0 Å². The van der Waals surface area contributed by atoms with Crippen LogP contribution in [0.1, 0.15) is 11.1 Å². The van der Waals surface area contributed by atoms with Crippen LogP contribution in [-0.4, -0.2) is 37.1 Å². The van der Waals surface area contributed by atoms with Gasteiger partial charge >= 0.3 is 0 Å². The Bertz CT molecular complexity index is 1130. The number of nitrogens with two attached hydrogens (primary N) is 1. The van der Waals surface area contributed by atoms with E-state index in [-0.39, 0.29) is 19.1 Å². The van der Waals surface area contributed by atoms with E-state index in [1.54, 1.807) is 12.1 Å². The van der Waals surface area contributed by atoms with Crippen molar-refractivity contribution in [1.82, 2.24) is 4.98 Å². The van der Waals surface area contributed by atoms with Gasteiger partial charge in [-0.25, -0.2) is 4.98 Å². The zero-order chi connectivity index (χ0) is 21.8. The monoisotopic (exact) mass is 427 g/mol. The van der Waals surface area contributed by atoms with Gasteiger partial charge in [-0.05, 0) is 61.4 Å². The van der Waals surface area contributed by atoms with E-state index in [1.165, 1.54) is 7.11 Å². The van der Waals surface area contributed by atoms with E-state index < -0.39 is 5.91 Å². The molecule has 0 radical (unpaired) electrons. The SMILES string of the molecule is COCC(=O)Nc1cc2c(C)cc(-c3ccc(OCC(N)=O)c(Cl)c3)nc2cc1C. The average molecular weight is 428 g/mol. The van der Waals surface area contributed by atoms with Crippen molar-refractivity contribution in [3.05, 3.63) is 52.5 Å². The lowest BCUT2D eigenvalue weighted by atomic mass is 10.0. The number of hydrogen-bond acceptors (Lipinski definition) is 5. The summed E-state index contributed by atoms with van der Waals surface area (Å²) >= 11 is 6.29. The van der Waals surface area contributed by atoms with Crippen LogP contribution in [0.4, 0.5) is 5.69 Å².